The molecule has 1 amide bonds. The number of aryl methyl sites for hydroxylation is 1. The lowest BCUT2D eigenvalue weighted by atomic mass is 10.1. The van der Waals surface area contributed by atoms with E-state index in [0.29, 0.717) is 46.8 Å². The summed E-state index contributed by atoms with van der Waals surface area (Å²) in [6.07, 6.45) is 0.298. The van der Waals surface area contributed by atoms with Crippen molar-refractivity contribution in [1.82, 2.24) is 10.1 Å². The molecule has 3 aromatic rings. The summed E-state index contributed by atoms with van der Waals surface area (Å²) in [6, 6.07) is 11.0. The first kappa shape index (κ1) is 19.3. The summed E-state index contributed by atoms with van der Waals surface area (Å²) in [5, 5.41) is 4.72. The summed E-state index contributed by atoms with van der Waals surface area (Å²) in [7, 11) is 3.16. The Morgan fingerprint density at radius 2 is 2.00 bits per heavy atom. The van der Waals surface area contributed by atoms with Gasteiger partial charge >= 0.3 is 0 Å². The number of carbonyl (C=O) groups excluding carboxylic acids is 1. The SMILES string of the molecule is COc1ccc(-c2noc(C3CC(=O)N(c4ccc(C)c(Cl)c4)C3)n2)c(OC)c1. The van der Waals surface area contributed by atoms with E-state index in [1.165, 1.54) is 0 Å². The fourth-order valence-corrected chi connectivity index (χ4v) is 3.54. The fourth-order valence-electron chi connectivity index (χ4n) is 3.37. The largest absolute Gasteiger partial charge is 0.497 e. The van der Waals surface area contributed by atoms with Crippen LogP contribution in [0.3, 0.4) is 0 Å². The van der Waals surface area contributed by atoms with E-state index in [2.05, 4.69) is 10.1 Å². The molecule has 1 aromatic heterocycles. The Morgan fingerprint density at radius 1 is 1.17 bits per heavy atom. The average molecular weight is 414 g/mol. The number of anilines is 1. The highest BCUT2D eigenvalue weighted by Gasteiger charge is 2.35. The fraction of sp³-hybridized carbons (Fsp3) is 0.286. The minimum Gasteiger partial charge on any atom is -0.497 e. The molecule has 29 heavy (non-hydrogen) atoms. The third-order valence-corrected chi connectivity index (χ3v) is 5.44. The lowest BCUT2D eigenvalue weighted by Crippen LogP contribution is -2.24. The highest BCUT2D eigenvalue weighted by molar-refractivity contribution is 6.31. The molecule has 1 aliphatic heterocycles. The Kier molecular flexibility index (Phi) is 5.15. The van der Waals surface area contributed by atoms with Crippen molar-refractivity contribution in [2.45, 2.75) is 19.3 Å². The Morgan fingerprint density at radius 3 is 2.72 bits per heavy atom. The first-order valence-electron chi connectivity index (χ1n) is 9.12. The second kappa shape index (κ2) is 7.75. The van der Waals surface area contributed by atoms with Gasteiger partial charge in [0.2, 0.25) is 17.6 Å². The standard InChI is InChI=1S/C21H20ClN3O4/c1-12-4-5-14(9-17(12)22)25-11-13(8-19(25)26)21-23-20(24-29-21)16-7-6-15(27-2)10-18(16)28-3/h4-7,9-10,13H,8,11H2,1-3H3. The molecule has 0 aliphatic carbocycles. The summed E-state index contributed by atoms with van der Waals surface area (Å²) in [5.41, 5.74) is 2.42. The number of carbonyl (C=O) groups is 1. The van der Waals surface area contributed by atoms with Crippen LogP contribution in [-0.2, 0) is 4.79 Å². The van der Waals surface area contributed by atoms with Gasteiger partial charge in [-0.15, -0.1) is 0 Å². The summed E-state index contributed by atoms with van der Waals surface area (Å²) < 4.78 is 16.1. The van der Waals surface area contributed by atoms with Gasteiger partial charge in [0.1, 0.15) is 11.5 Å². The first-order valence-corrected chi connectivity index (χ1v) is 9.50. The van der Waals surface area contributed by atoms with E-state index in [-0.39, 0.29) is 11.8 Å². The minimum absolute atomic E-state index is 0.00306. The van der Waals surface area contributed by atoms with Gasteiger partial charge < -0.3 is 18.9 Å². The lowest BCUT2D eigenvalue weighted by Gasteiger charge is -2.17. The molecule has 0 saturated carbocycles. The lowest BCUT2D eigenvalue weighted by molar-refractivity contribution is -0.117. The molecular weight excluding hydrogens is 394 g/mol. The quantitative estimate of drug-likeness (QED) is 0.622. The van der Waals surface area contributed by atoms with Gasteiger partial charge in [-0.2, -0.15) is 4.98 Å². The number of aromatic nitrogens is 2. The molecule has 0 radical (unpaired) electrons. The van der Waals surface area contributed by atoms with Crippen LogP contribution >= 0.6 is 11.6 Å². The number of benzene rings is 2. The topological polar surface area (TPSA) is 77.7 Å². The number of rotatable bonds is 5. The van der Waals surface area contributed by atoms with Crippen LogP contribution in [-0.4, -0.2) is 36.8 Å². The summed E-state index contributed by atoms with van der Waals surface area (Å²) >= 11 is 6.22. The van der Waals surface area contributed by atoms with E-state index < -0.39 is 0 Å². The van der Waals surface area contributed by atoms with Gasteiger partial charge in [0.25, 0.3) is 0 Å². The van der Waals surface area contributed by atoms with Crippen molar-refractivity contribution in [3.05, 3.63) is 52.9 Å². The molecule has 4 rings (SSSR count). The molecule has 0 spiro atoms. The molecule has 1 unspecified atom stereocenters. The number of hydrogen-bond donors (Lipinski definition) is 0. The van der Waals surface area contributed by atoms with E-state index in [9.17, 15) is 4.79 Å². The van der Waals surface area contributed by atoms with Crippen molar-refractivity contribution >= 4 is 23.2 Å². The number of halogens is 1. The van der Waals surface area contributed by atoms with Gasteiger partial charge in [0, 0.05) is 29.7 Å². The first-order chi connectivity index (χ1) is 14.0. The van der Waals surface area contributed by atoms with Crippen molar-refractivity contribution in [2.24, 2.45) is 0 Å². The van der Waals surface area contributed by atoms with Crippen molar-refractivity contribution in [2.75, 3.05) is 25.7 Å². The number of amides is 1. The Bertz CT molecular complexity index is 1070. The maximum atomic E-state index is 12.6. The summed E-state index contributed by atoms with van der Waals surface area (Å²) in [6.45, 7) is 2.38. The molecule has 150 valence electrons. The van der Waals surface area contributed by atoms with Crippen molar-refractivity contribution < 1.29 is 18.8 Å². The Labute approximate surface area is 173 Å². The molecule has 0 bridgehead atoms. The third-order valence-electron chi connectivity index (χ3n) is 5.03. The zero-order valence-corrected chi connectivity index (χ0v) is 17.1. The van der Waals surface area contributed by atoms with Crippen molar-refractivity contribution in [3.63, 3.8) is 0 Å². The molecule has 1 saturated heterocycles. The monoisotopic (exact) mass is 413 g/mol. The molecule has 0 N–H and O–H groups in total. The maximum absolute atomic E-state index is 12.6. The number of ether oxygens (including phenoxy) is 2. The molecule has 7 nitrogen and oxygen atoms in total. The predicted molar refractivity (Wildman–Crippen MR) is 109 cm³/mol. The molecule has 8 heteroatoms. The van der Waals surface area contributed by atoms with Gasteiger partial charge in [0.05, 0.1) is 25.7 Å². The molecular formula is C21H20ClN3O4. The van der Waals surface area contributed by atoms with E-state index in [0.717, 1.165) is 11.3 Å². The van der Waals surface area contributed by atoms with Crippen LogP contribution in [0, 0.1) is 6.92 Å². The third kappa shape index (κ3) is 3.65. The number of methoxy groups -OCH3 is 2. The average Bonchev–Trinajstić information content (AvgIpc) is 3.36. The van der Waals surface area contributed by atoms with Crippen LogP contribution < -0.4 is 14.4 Å². The zero-order valence-electron chi connectivity index (χ0n) is 16.3. The molecule has 1 atom stereocenters. The Hall–Kier alpha value is -3.06. The minimum atomic E-state index is -0.187. The van der Waals surface area contributed by atoms with Crippen molar-refractivity contribution in [3.8, 4) is 22.9 Å². The smallest absolute Gasteiger partial charge is 0.232 e. The molecule has 2 heterocycles. The number of hydrogen-bond acceptors (Lipinski definition) is 6. The van der Waals surface area contributed by atoms with E-state index in [4.69, 9.17) is 25.6 Å². The van der Waals surface area contributed by atoms with Crippen LogP contribution in [0.4, 0.5) is 5.69 Å². The van der Waals surface area contributed by atoms with Gasteiger partial charge in [-0.3, -0.25) is 4.79 Å². The van der Waals surface area contributed by atoms with Gasteiger partial charge in [0.15, 0.2) is 0 Å². The molecule has 1 fully saturated rings. The number of nitrogens with zero attached hydrogens (tertiary/aromatic N) is 3. The normalized spacial score (nSPS) is 16.3. The maximum Gasteiger partial charge on any atom is 0.232 e. The van der Waals surface area contributed by atoms with Crippen LogP contribution in [0.25, 0.3) is 11.4 Å². The van der Waals surface area contributed by atoms with Crippen LogP contribution in [0.5, 0.6) is 11.5 Å². The second-order valence-corrected chi connectivity index (χ2v) is 7.27. The highest BCUT2D eigenvalue weighted by Crippen LogP contribution is 2.35. The summed E-state index contributed by atoms with van der Waals surface area (Å²) in [4.78, 5) is 18.8. The van der Waals surface area contributed by atoms with E-state index in [1.807, 2.05) is 25.1 Å². The second-order valence-electron chi connectivity index (χ2n) is 6.86. The van der Waals surface area contributed by atoms with Gasteiger partial charge in [-0.1, -0.05) is 22.8 Å². The van der Waals surface area contributed by atoms with E-state index >= 15 is 0 Å². The molecule has 1 aliphatic rings. The molecule has 2 aromatic carbocycles. The van der Waals surface area contributed by atoms with E-state index in [1.54, 1.807) is 37.3 Å². The predicted octanol–water partition coefficient (Wildman–Crippen LogP) is 4.24. The van der Waals surface area contributed by atoms with Gasteiger partial charge in [-0.25, -0.2) is 0 Å². The Balaban J connectivity index is 1.57. The van der Waals surface area contributed by atoms with Crippen LogP contribution in [0.15, 0.2) is 40.9 Å². The van der Waals surface area contributed by atoms with Crippen LogP contribution in [0.1, 0.15) is 23.8 Å². The van der Waals surface area contributed by atoms with Gasteiger partial charge in [-0.05, 0) is 36.8 Å². The van der Waals surface area contributed by atoms with Crippen molar-refractivity contribution in [1.29, 1.82) is 0 Å². The summed E-state index contributed by atoms with van der Waals surface area (Å²) in [5.74, 6) is 1.89. The highest BCUT2D eigenvalue weighted by atomic mass is 35.5. The zero-order chi connectivity index (χ0) is 20.5. The van der Waals surface area contributed by atoms with Crippen LogP contribution in [0.2, 0.25) is 5.02 Å².